The average molecular weight is 252 g/mol. The number of carbonyl (C=O) groups excluding carboxylic acids is 1. The molecule has 1 aliphatic heterocycles. The van der Waals surface area contributed by atoms with Gasteiger partial charge >= 0.3 is 12.2 Å². The fourth-order valence-corrected chi connectivity index (χ4v) is 1.53. The Bertz CT molecular complexity index is 252. The Balaban J connectivity index is 2.21. The van der Waals surface area contributed by atoms with E-state index in [-0.39, 0.29) is 18.6 Å². The predicted octanol–water partition coefficient (Wildman–Crippen LogP) is 1.52. The summed E-state index contributed by atoms with van der Waals surface area (Å²) < 4.78 is 9.63. The van der Waals surface area contributed by atoms with Crippen LogP contribution >= 0.6 is 11.6 Å². The molecule has 6 nitrogen and oxygen atoms in total. The number of halogens is 1. The first-order chi connectivity index (χ1) is 7.63. The van der Waals surface area contributed by atoms with Crippen molar-refractivity contribution >= 4 is 23.8 Å². The lowest BCUT2D eigenvalue weighted by molar-refractivity contribution is 0.00430. The highest BCUT2D eigenvalue weighted by Gasteiger charge is 2.25. The summed E-state index contributed by atoms with van der Waals surface area (Å²) in [6.07, 6.45) is -0.944. The molecule has 0 radical (unpaired) electrons. The summed E-state index contributed by atoms with van der Waals surface area (Å²) in [5, 5.41) is 8.70. The van der Waals surface area contributed by atoms with Gasteiger partial charge in [-0.1, -0.05) is 0 Å². The molecule has 0 bridgehead atoms. The van der Waals surface area contributed by atoms with Gasteiger partial charge in [0.2, 0.25) is 0 Å². The van der Waals surface area contributed by atoms with Crippen LogP contribution in [0.25, 0.3) is 0 Å². The third-order valence-electron chi connectivity index (χ3n) is 2.27. The molecule has 16 heavy (non-hydrogen) atoms. The molecule has 0 spiro atoms. The van der Waals surface area contributed by atoms with E-state index in [1.807, 2.05) is 0 Å². The molecule has 0 aromatic carbocycles. The number of rotatable bonds is 3. The van der Waals surface area contributed by atoms with Crippen molar-refractivity contribution in [3.8, 4) is 0 Å². The molecule has 92 valence electrons. The Hall–Kier alpha value is -1.17. The fourth-order valence-electron chi connectivity index (χ4n) is 1.46. The van der Waals surface area contributed by atoms with Crippen LogP contribution in [0, 0.1) is 0 Å². The molecule has 1 rings (SSSR count). The van der Waals surface area contributed by atoms with Gasteiger partial charge in [0.25, 0.3) is 0 Å². The normalized spacial score (nSPS) is 16.9. The summed E-state index contributed by atoms with van der Waals surface area (Å²) in [5.74, 6) is 0.229. The van der Waals surface area contributed by atoms with Gasteiger partial charge in [-0.3, -0.25) is 0 Å². The highest BCUT2D eigenvalue weighted by Crippen LogP contribution is 2.14. The lowest BCUT2D eigenvalue weighted by Gasteiger charge is -2.29. The van der Waals surface area contributed by atoms with Gasteiger partial charge in [-0.25, -0.2) is 9.59 Å². The van der Waals surface area contributed by atoms with Gasteiger partial charge in [-0.2, -0.15) is 0 Å². The van der Waals surface area contributed by atoms with Crippen molar-refractivity contribution in [2.24, 2.45) is 0 Å². The van der Waals surface area contributed by atoms with Gasteiger partial charge in [0.05, 0.1) is 5.88 Å². The maximum Gasteiger partial charge on any atom is 0.508 e. The first-order valence-electron chi connectivity index (χ1n) is 5.00. The number of hydrogen-bond donors (Lipinski definition) is 1. The molecule has 0 aromatic heterocycles. The number of carbonyl (C=O) groups is 2. The van der Waals surface area contributed by atoms with Crippen molar-refractivity contribution < 1.29 is 24.2 Å². The number of nitrogens with zero attached hydrogens (tertiary/aromatic N) is 1. The Kier molecular flexibility index (Phi) is 5.18. The predicted molar refractivity (Wildman–Crippen MR) is 55.8 cm³/mol. The smallest absolute Gasteiger partial charge is 0.465 e. The van der Waals surface area contributed by atoms with E-state index in [1.54, 1.807) is 0 Å². The van der Waals surface area contributed by atoms with Crippen LogP contribution < -0.4 is 0 Å². The maximum absolute atomic E-state index is 11.1. The zero-order chi connectivity index (χ0) is 12.0. The summed E-state index contributed by atoms with van der Waals surface area (Å²) >= 11 is 5.34. The Morgan fingerprint density at radius 2 is 2.00 bits per heavy atom. The van der Waals surface area contributed by atoms with Gasteiger partial charge in [0, 0.05) is 25.9 Å². The largest absolute Gasteiger partial charge is 0.508 e. The standard InChI is InChI=1S/C9H14ClNO5/c10-3-6-15-9(14)16-7-1-4-11(5-2-7)8(12)13/h7H,1-6H2,(H,12,13). The molecule has 1 heterocycles. The van der Waals surface area contributed by atoms with E-state index in [4.69, 9.17) is 21.4 Å². The molecule has 0 unspecified atom stereocenters. The fraction of sp³-hybridized carbons (Fsp3) is 0.778. The number of alkyl halides is 1. The van der Waals surface area contributed by atoms with Crippen molar-refractivity contribution in [2.45, 2.75) is 18.9 Å². The Morgan fingerprint density at radius 3 is 2.50 bits per heavy atom. The summed E-state index contributed by atoms with van der Waals surface area (Å²) in [7, 11) is 0. The minimum Gasteiger partial charge on any atom is -0.465 e. The highest BCUT2D eigenvalue weighted by atomic mass is 35.5. The third kappa shape index (κ3) is 4.14. The molecule has 7 heteroatoms. The quantitative estimate of drug-likeness (QED) is 0.608. The summed E-state index contributed by atoms with van der Waals surface area (Å²) in [6.45, 7) is 0.875. The molecule has 0 aliphatic carbocycles. The molecule has 0 atom stereocenters. The maximum atomic E-state index is 11.1. The number of piperidine rings is 1. The van der Waals surface area contributed by atoms with Gasteiger partial charge in [-0.05, 0) is 0 Å². The Labute approximate surface area is 98.1 Å². The zero-order valence-corrected chi connectivity index (χ0v) is 9.48. The topological polar surface area (TPSA) is 76.1 Å². The van der Waals surface area contributed by atoms with Gasteiger partial charge < -0.3 is 19.5 Å². The SMILES string of the molecule is O=C(OCCCl)OC1CCN(C(=O)O)CC1. The third-order valence-corrected chi connectivity index (χ3v) is 2.43. The molecule has 0 saturated carbocycles. The molecule has 0 aromatic rings. The molecule has 1 saturated heterocycles. The molecular weight excluding hydrogens is 238 g/mol. The monoisotopic (exact) mass is 251 g/mol. The van der Waals surface area contributed by atoms with E-state index in [0.717, 1.165) is 0 Å². The van der Waals surface area contributed by atoms with Crippen LogP contribution in [0.1, 0.15) is 12.8 Å². The highest BCUT2D eigenvalue weighted by molar-refractivity contribution is 6.18. The number of hydrogen-bond acceptors (Lipinski definition) is 4. The minimum absolute atomic E-state index is 0.119. The first kappa shape index (κ1) is 12.9. The van der Waals surface area contributed by atoms with Gasteiger partial charge in [0.15, 0.2) is 0 Å². The van der Waals surface area contributed by atoms with Crippen LogP contribution in [-0.4, -0.2) is 53.9 Å². The second-order valence-corrected chi connectivity index (χ2v) is 3.75. The van der Waals surface area contributed by atoms with Gasteiger partial charge in [0.1, 0.15) is 12.7 Å². The average Bonchev–Trinajstić information content (AvgIpc) is 2.27. The second-order valence-electron chi connectivity index (χ2n) is 3.37. The van der Waals surface area contributed by atoms with Crippen LogP contribution in [-0.2, 0) is 9.47 Å². The van der Waals surface area contributed by atoms with E-state index in [1.165, 1.54) is 4.90 Å². The number of ether oxygens (including phenoxy) is 2. The Morgan fingerprint density at radius 1 is 1.38 bits per heavy atom. The van der Waals surface area contributed by atoms with Crippen LogP contribution in [0.15, 0.2) is 0 Å². The summed E-state index contributed by atoms with van der Waals surface area (Å²) in [4.78, 5) is 23.0. The molecule has 1 N–H and O–H groups in total. The number of carboxylic acid groups (broad SMARTS) is 1. The second kappa shape index (κ2) is 6.42. The molecular formula is C9H14ClNO5. The lowest BCUT2D eigenvalue weighted by atomic mass is 10.1. The number of amides is 1. The minimum atomic E-state index is -0.942. The van der Waals surface area contributed by atoms with Crippen LogP contribution in [0.2, 0.25) is 0 Å². The van der Waals surface area contributed by atoms with Crippen molar-refractivity contribution in [1.82, 2.24) is 4.90 Å². The van der Waals surface area contributed by atoms with Crippen molar-refractivity contribution in [3.63, 3.8) is 0 Å². The first-order valence-corrected chi connectivity index (χ1v) is 5.54. The van der Waals surface area contributed by atoms with Gasteiger partial charge in [-0.15, -0.1) is 11.6 Å². The van der Waals surface area contributed by atoms with E-state index in [0.29, 0.717) is 25.9 Å². The van der Waals surface area contributed by atoms with E-state index in [9.17, 15) is 9.59 Å². The zero-order valence-electron chi connectivity index (χ0n) is 8.73. The van der Waals surface area contributed by atoms with Crippen LogP contribution in [0.4, 0.5) is 9.59 Å². The molecule has 1 amide bonds. The summed E-state index contributed by atoms with van der Waals surface area (Å²) in [5.41, 5.74) is 0. The van der Waals surface area contributed by atoms with Crippen LogP contribution in [0.3, 0.4) is 0 Å². The molecule has 1 fully saturated rings. The van der Waals surface area contributed by atoms with E-state index < -0.39 is 12.2 Å². The van der Waals surface area contributed by atoms with E-state index in [2.05, 4.69) is 4.74 Å². The van der Waals surface area contributed by atoms with E-state index >= 15 is 0 Å². The summed E-state index contributed by atoms with van der Waals surface area (Å²) in [6, 6.07) is 0. The van der Waals surface area contributed by atoms with Crippen molar-refractivity contribution in [1.29, 1.82) is 0 Å². The lowest BCUT2D eigenvalue weighted by Crippen LogP contribution is -2.40. The molecule has 1 aliphatic rings. The van der Waals surface area contributed by atoms with Crippen molar-refractivity contribution in [2.75, 3.05) is 25.6 Å². The number of likely N-dealkylation sites (tertiary alicyclic amines) is 1. The van der Waals surface area contributed by atoms with Crippen molar-refractivity contribution in [3.05, 3.63) is 0 Å². The van der Waals surface area contributed by atoms with Crippen LogP contribution in [0.5, 0.6) is 0 Å².